The Labute approximate surface area is 130 Å². The standard InChI is InChI=1S/C15H20BClO4/c1-9-11(17)7-10(8-18)12(13(9)19-6)16-20-14(2,3)15(4,5)21-16/h7-8H,1-6H3. The molecule has 6 heteroatoms. The highest BCUT2D eigenvalue weighted by atomic mass is 35.5. The first kappa shape index (κ1) is 16.3. The van der Waals surface area contributed by atoms with Crippen LogP contribution in [0.25, 0.3) is 0 Å². The van der Waals surface area contributed by atoms with Crippen LogP contribution in [0.3, 0.4) is 0 Å². The fourth-order valence-electron chi connectivity index (χ4n) is 2.33. The molecule has 1 aromatic rings. The van der Waals surface area contributed by atoms with Gasteiger partial charge in [0, 0.05) is 21.6 Å². The van der Waals surface area contributed by atoms with Gasteiger partial charge in [-0.05, 0) is 40.7 Å². The second-order valence-electron chi connectivity index (χ2n) is 6.23. The second-order valence-corrected chi connectivity index (χ2v) is 6.63. The Balaban J connectivity index is 2.60. The Morgan fingerprint density at radius 3 is 2.19 bits per heavy atom. The van der Waals surface area contributed by atoms with E-state index in [0.29, 0.717) is 21.8 Å². The average Bonchev–Trinajstić information content (AvgIpc) is 2.60. The first-order valence-electron chi connectivity index (χ1n) is 6.82. The molecule has 1 fully saturated rings. The zero-order chi connectivity index (χ0) is 16.0. The number of ether oxygens (including phenoxy) is 1. The summed E-state index contributed by atoms with van der Waals surface area (Å²) in [6.45, 7) is 9.68. The molecule has 0 aromatic heterocycles. The van der Waals surface area contributed by atoms with Gasteiger partial charge >= 0.3 is 7.12 Å². The van der Waals surface area contributed by atoms with E-state index < -0.39 is 18.3 Å². The van der Waals surface area contributed by atoms with Gasteiger partial charge in [-0.15, -0.1) is 0 Å². The van der Waals surface area contributed by atoms with Crippen molar-refractivity contribution in [1.29, 1.82) is 0 Å². The third-order valence-electron chi connectivity index (χ3n) is 4.36. The first-order chi connectivity index (χ1) is 9.64. The molecule has 1 aromatic carbocycles. The molecular weight excluding hydrogens is 290 g/mol. The van der Waals surface area contributed by atoms with Gasteiger partial charge in [0.1, 0.15) is 12.0 Å². The molecule has 0 bridgehead atoms. The van der Waals surface area contributed by atoms with E-state index in [1.54, 1.807) is 13.2 Å². The van der Waals surface area contributed by atoms with Crippen molar-refractivity contribution in [2.24, 2.45) is 0 Å². The Bertz CT molecular complexity index is 568. The number of hydrogen-bond acceptors (Lipinski definition) is 4. The fraction of sp³-hybridized carbons (Fsp3) is 0.533. The van der Waals surface area contributed by atoms with Gasteiger partial charge in [-0.25, -0.2) is 0 Å². The maximum absolute atomic E-state index is 11.4. The minimum absolute atomic E-state index is 0.418. The highest BCUT2D eigenvalue weighted by Gasteiger charge is 2.53. The van der Waals surface area contributed by atoms with Crippen LogP contribution >= 0.6 is 11.6 Å². The monoisotopic (exact) mass is 310 g/mol. The van der Waals surface area contributed by atoms with E-state index >= 15 is 0 Å². The lowest BCUT2D eigenvalue weighted by atomic mass is 9.74. The summed E-state index contributed by atoms with van der Waals surface area (Å²) >= 11 is 6.15. The zero-order valence-corrected chi connectivity index (χ0v) is 14.0. The summed E-state index contributed by atoms with van der Waals surface area (Å²) < 4.78 is 17.5. The molecule has 1 saturated heterocycles. The number of benzene rings is 1. The van der Waals surface area contributed by atoms with Crippen LogP contribution in [0.4, 0.5) is 0 Å². The van der Waals surface area contributed by atoms with E-state index in [4.69, 9.17) is 25.6 Å². The molecule has 0 unspecified atom stereocenters. The van der Waals surface area contributed by atoms with Crippen molar-refractivity contribution in [2.75, 3.05) is 7.11 Å². The van der Waals surface area contributed by atoms with Gasteiger partial charge in [0.2, 0.25) is 0 Å². The van der Waals surface area contributed by atoms with Crippen LogP contribution in [0, 0.1) is 6.92 Å². The Morgan fingerprint density at radius 1 is 1.24 bits per heavy atom. The number of hydrogen-bond donors (Lipinski definition) is 0. The van der Waals surface area contributed by atoms with Crippen molar-refractivity contribution < 1.29 is 18.8 Å². The highest BCUT2D eigenvalue weighted by molar-refractivity contribution is 6.64. The number of methoxy groups -OCH3 is 1. The molecule has 2 rings (SSSR count). The quantitative estimate of drug-likeness (QED) is 0.636. The van der Waals surface area contributed by atoms with Gasteiger partial charge in [0.25, 0.3) is 0 Å². The molecule has 0 atom stereocenters. The maximum Gasteiger partial charge on any atom is 0.499 e. The molecule has 0 saturated carbocycles. The molecule has 0 aliphatic carbocycles. The van der Waals surface area contributed by atoms with Crippen LogP contribution in [-0.4, -0.2) is 31.7 Å². The number of aldehydes is 1. The van der Waals surface area contributed by atoms with Crippen molar-refractivity contribution in [2.45, 2.75) is 45.8 Å². The van der Waals surface area contributed by atoms with Crippen LogP contribution in [0.5, 0.6) is 5.75 Å². The van der Waals surface area contributed by atoms with E-state index in [9.17, 15) is 4.79 Å². The molecular formula is C15H20BClO4. The molecule has 0 N–H and O–H groups in total. The number of rotatable bonds is 3. The molecule has 21 heavy (non-hydrogen) atoms. The van der Waals surface area contributed by atoms with Gasteiger partial charge < -0.3 is 14.0 Å². The van der Waals surface area contributed by atoms with E-state index in [2.05, 4.69) is 0 Å². The van der Waals surface area contributed by atoms with Crippen LogP contribution in [0.2, 0.25) is 5.02 Å². The first-order valence-corrected chi connectivity index (χ1v) is 7.20. The molecule has 0 radical (unpaired) electrons. The van der Waals surface area contributed by atoms with E-state index in [1.807, 2.05) is 34.6 Å². The average molecular weight is 311 g/mol. The summed E-state index contributed by atoms with van der Waals surface area (Å²) in [7, 11) is 0.878. The van der Waals surface area contributed by atoms with Gasteiger partial charge in [-0.3, -0.25) is 4.79 Å². The Kier molecular flexibility index (Phi) is 4.13. The largest absolute Gasteiger partial charge is 0.499 e. The highest BCUT2D eigenvalue weighted by Crippen LogP contribution is 2.38. The molecule has 4 nitrogen and oxygen atoms in total. The smallest absolute Gasteiger partial charge is 0.497 e. The maximum atomic E-state index is 11.4. The predicted octanol–water partition coefficient (Wildman–Crippen LogP) is 2.77. The summed E-state index contributed by atoms with van der Waals surface area (Å²) in [5, 5.41) is 0.481. The molecule has 1 aliphatic rings. The van der Waals surface area contributed by atoms with Crippen molar-refractivity contribution >= 4 is 30.5 Å². The fourth-order valence-corrected chi connectivity index (χ4v) is 2.53. The van der Waals surface area contributed by atoms with E-state index in [0.717, 1.165) is 11.8 Å². The normalized spacial score (nSPS) is 19.7. The molecule has 0 amide bonds. The van der Waals surface area contributed by atoms with Crippen molar-refractivity contribution in [3.63, 3.8) is 0 Å². The molecule has 0 spiro atoms. The predicted molar refractivity (Wildman–Crippen MR) is 83.8 cm³/mol. The third kappa shape index (κ3) is 2.58. The lowest BCUT2D eigenvalue weighted by molar-refractivity contribution is 0.00578. The van der Waals surface area contributed by atoms with Gasteiger partial charge in [0.05, 0.1) is 18.3 Å². The second kappa shape index (κ2) is 5.31. The number of carbonyl (C=O) groups excluding carboxylic acids is 1. The third-order valence-corrected chi connectivity index (χ3v) is 4.75. The van der Waals surface area contributed by atoms with Crippen LogP contribution < -0.4 is 10.2 Å². The minimum Gasteiger partial charge on any atom is -0.497 e. The SMILES string of the molecule is COc1c(C)c(Cl)cc(C=O)c1B1OC(C)(C)C(C)(C)O1. The topological polar surface area (TPSA) is 44.8 Å². The number of halogens is 1. The zero-order valence-electron chi connectivity index (χ0n) is 13.2. The number of carbonyl (C=O) groups is 1. The minimum atomic E-state index is -0.666. The van der Waals surface area contributed by atoms with E-state index in [-0.39, 0.29) is 0 Å². The van der Waals surface area contributed by atoms with Crippen molar-refractivity contribution in [3.8, 4) is 5.75 Å². The molecule has 1 aliphatic heterocycles. The summed E-state index contributed by atoms with van der Waals surface area (Å²) in [4.78, 5) is 11.4. The lowest BCUT2D eigenvalue weighted by Crippen LogP contribution is -2.41. The lowest BCUT2D eigenvalue weighted by Gasteiger charge is -2.32. The Hall–Kier alpha value is -1.04. The Morgan fingerprint density at radius 2 is 1.76 bits per heavy atom. The van der Waals surface area contributed by atoms with Gasteiger partial charge in [-0.2, -0.15) is 0 Å². The summed E-state index contributed by atoms with van der Waals surface area (Å²) in [6.07, 6.45) is 0.744. The van der Waals surface area contributed by atoms with Crippen molar-refractivity contribution in [3.05, 3.63) is 22.2 Å². The van der Waals surface area contributed by atoms with Crippen LogP contribution in [0.1, 0.15) is 43.6 Å². The van der Waals surface area contributed by atoms with Gasteiger partial charge in [-0.1, -0.05) is 11.6 Å². The van der Waals surface area contributed by atoms with Crippen molar-refractivity contribution in [1.82, 2.24) is 0 Å². The summed E-state index contributed by atoms with van der Waals surface area (Å²) in [5.41, 5.74) is 0.788. The van der Waals surface area contributed by atoms with Crippen LogP contribution in [0.15, 0.2) is 6.07 Å². The molecule has 1 heterocycles. The van der Waals surface area contributed by atoms with Crippen LogP contribution in [-0.2, 0) is 9.31 Å². The molecule has 114 valence electrons. The van der Waals surface area contributed by atoms with E-state index in [1.165, 1.54) is 0 Å². The summed E-state index contributed by atoms with van der Waals surface area (Å²) in [6, 6.07) is 1.62. The summed E-state index contributed by atoms with van der Waals surface area (Å²) in [5.74, 6) is 0.531. The van der Waals surface area contributed by atoms with Gasteiger partial charge in [0.15, 0.2) is 0 Å².